The summed E-state index contributed by atoms with van der Waals surface area (Å²) in [5.41, 5.74) is 0. The topological polar surface area (TPSA) is 105 Å². The Labute approximate surface area is 78.9 Å². The number of aliphatic hydroxyl groups is 4. The molecule has 5 nitrogen and oxygen atoms in total. The van der Waals surface area contributed by atoms with Gasteiger partial charge in [-0.2, -0.15) is 5.26 Å². The van der Waals surface area contributed by atoms with E-state index in [1.807, 2.05) is 0 Å². The van der Waals surface area contributed by atoms with Gasteiger partial charge in [0.15, 0.2) is 0 Å². The van der Waals surface area contributed by atoms with E-state index < -0.39 is 12.2 Å². The van der Waals surface area contributed by atoms with Crippen LogP contribution < -0.4 is 0 Å². The first-order chi connectivity index (χ1) is 5.95. The smallest absolute Gasteiger partial charge is 0.0742 e. The van der Waals surface area contributed by atoms with Gasteiger partial charge in [0, 0.05) is 6.92 Å². The fourth-order valence-electron chi connectivity index (χ4n) is 0. The number of hydrogen-bond acceptors (Lipinski definition) is 5. The highest BCUT2D eigenvalue weighted by molar-refractivity contribution is 4.51. The highest BCUT2D eigenvalue weighted by Crippen LogP contribution is 1.69. The summed E-state index contributed by atoms with van der Waals surface area (Å²) in [6.07, 6.45) is -1.12. The van der Waals surface area contributed by atoms with Crippen LogP contribution in [0.25, 0.3) is 0 Å². The molecule has 0 aromatic heterocycles. The number of nitrogens with zero attached hydrogens (tertiary/aromatic N) is 1. The van der Waals surface area contributed by atoms with Crippen molar-refractivity contribution in [3.8, 4) is 6.07 Å². The van der Waals surface area contributed by atoms with Crippen LogP contribution >= 0.6 is 0 Å². The van der Waals surface area contributed by atoms with Crippen LogP contribution in [0.3, 0.4) is 0 Å². The first kappa shape index (κ1) is 18.2. The normalized spacial score (nSPS) is 12.2. The van der Waals surface area contributed by atoms with Crippen molar-refractivity contribution in [3.05, 3.63) is 0 Å². The van der Waals surface area contributed by atoms with Gasteiger partial charge in [-0.15, -0.1) is 0 Å². The van der Waals surface area contributed by atoms with Crippen molar-refractivity contribution in [2.24, 2.45) is 0 Å². The summed E-state index contributed by atoms with van der Waals surface area (Å²) in [6.45, 7) is 4.21. The molecule has 0 bridgehead atoms. The fraction of sp³-hybridized carbons (Fsp3) is 0.875. The molecule has 0 heterocycles. The van der Waals surface area contributed by atoms with Crippen LogP contribution in [0.4, 0.5) is 0 Å². The number of nitriles is 1. The van der Waals surface area contributed by atoms with E-state index in [9.17, 15) is 0 Å². The van der Waals surface area contributed by atoms with Gasteiger partial charge >= 0.3 is 0 Å². The first-order valence-electron chi connectivity index (χ1n) is 3.84. The lowest BCUT2D eigenvalue weighted by Gasteiger charge is -1.90. The van der Waals surface area contributed by atoms with Crippen molar-refractivity contribution in [3.63, 3.8) is 0 Å². The number of aliphatic hydroxyl groups excluding tert-OH is 4. The average molecular weight is 193 g/mol. The Morgan fingerprint density at radius 1 is 1.08 bits per heavy atom. The lowest BCUT2D eigenvalue weighted by atomic mass is 10.5. The maximum absolute atomic E-state index is 8.11. The van der Waals surface area contributed by atoms with Gasteiger partial charge in [-0.1, -0.05) is 0 Å². The molecule has 0 rings (SSSR count). The molecule has 0 spiro atoms. The second kappa shape index (κ2) is 17.4. The predicted molar refractivity (Wildman–Crippen MR) is 48.8 cm³/mol. The van der Waals surface area contributed by atoms with Gasteiger partial charge in [-0.05, 0) is 13.8 Å². The van der Waals surface area contributed by atoms with E-state index in [2.05, 4.69) is 0 Å². The highest BCUT2D eigenvalue weighted by Gasteiger charge is 1.83. The molecule has 4 N–H and O–H groups in total. The molecule has 13 heavy (non-hydrogen) atoms. The molecular formula is C8H19NO4. The quantitative estimate of drug-likeness (QED) is 0.462. The van der Waals surface area contributed by atoms with Crippen LogP contribution in [0.15, 0.2) is 0 Å². The minimum atomic E-state index is -0.560. The Morgan fingerprint density at radius 2 is 1.15 bits per heavy atom. The average Bonchev–Trinajstić information content (AvgIpc) is 2.07. The zero-order valence-electron chi connectivity index (χ0n) is 8.30. The zero-order valence-corrected chi connectivity index (χ0v) is 8.30. The van der Waals surface area contributed by atoms with Gasteiger partial charge in [0.25, 0.3) is 0 Å². The van der Waals surface area contributed by atoms with Gasteiger partial charge in [0.2, 0.25) is 0 Å². The van der Waals surface area contributed by atoms with Crippen molar-refractivity contribution < 1.29 is 20.4 Å². The summed E-state index contributed by atoms with van der Waals surface area (Å²) < 4.78 is 0. The van der Waals surface area contributed by atoms with Crippen LogP contribution in [0, 0.1) is 11.3 Å². The molecule has 0 saturated heterocycles. The van der Waals surface area contributed by atoms with E-state index in [4.69, 9.17) is 25.7 Å². The minimum Gasteiger partial charge on any atom is -0.394 e. The SMILES string of the molecule is CC#N.CC(O)CO.CC(O)CO. The molecule has 0 amide bonds. The molecule has 0 aromatic rings. The molecule has 80 valence electrons. The van der Waals surface area contributed by atoms with Gasteiger partial charge < -0.3 is 20.4 Å². The predicted octanol–water partition coefficient (Wildman–Crippen LogP) is -0.751. The van der Waals surface area contributed by atoms with Crippen molar-refractivity contribution in [1.82, 2.24) is 0 Å². The monoisotopic (exact) mass is 193 g/mol. The van der Waals surface area contributed by atoms with Crippen LogP contribution in [-0.2, 0) is 0 Å². The molecule has 5 heteroatoms. The third kappa shape index (κ3) is 88.9. The second-order valence-corrected chi connectivity index (χ2v) is 2.29. The second-order valence-electron chi connectivity index (χ2n) is 2.29. The molecule has 0 aromatic carbocycles. The van der Waals surface area contributed by atoms with E-state index >= 15 is 0 Å². The summed E-state index contributed by atoms with van der Waals surface area (Å²) in [6, 6.07) is 1.75. The van der Waals surface area contributed by atoms with Crippen molar-refractivity contribution in [2.45, 2.75) is 33.0 Å². The Morgan fingerprint density at radius 3 is 1.15 bits per heavy atom. The van der Waals surface area contributed by atoms with E-state index in [1.165, 1.54) is 20.8 Å². The molecule has 0 aliphatic heterocycles. The molecule has 2 atom stereocenters. The van der Waals surface area contributed by atoms with Crippen LogP contribution in [0.1, 0.15) is 20.8 Å². The first-order valence-corrected chi connectivity index (χ1v) is 3.84. The summed E-state index contributed by atoms with van der Waals surface area (Å²) in [5, 5.41) is 39.3. The summed E-state index contributed by atoms with van der Waals surface area (Å²) in [4.78, 5) is 0. The van der Waals surface area contributed by atoms with E-state index in [-0.39, 0.29) is 13.2 Å². The number of hydrogen-bond donors (Lipinski definition) is 4. The van der Waals surface area contributed by atoms with Gasteiger partial charge in [0.05, 0.1) is 31.5 Å². The zero-order chi connectivity index (χ0) is 11.3. The summed E-state index contributed by atoms with van der Waals surface area (Å²) >= 11 is 0. The third-order valence-electron chi connectivity index (χ3n) is 0.528. The van der Waals surface area contributed by atoms with Crippen LogP contribution in [0.2, 0.25) is 0 Å². The lowest BCUT2D eigenvalue weighted by molar-refractivity contribution is 0.110. The Bertz CT molecular complexity index is 101. The van der Waals surface area contributed by atoms with Gasteiger partial charge in [0.1, 0.15) is 0 Å². The minimum absolute atomic E-state index is 0.139. The van der Waals surface area contributed by atoms with Gasteiger partial charge in [-0.3, -0.25) is 0 Å². The molecular weight excluding hydrogens is 174 g/mol. The number of rotatable bonds is 2. The van der Waals surface area contributed by atoms with Crippen LogP contribution in [0.5, 0.6) is 0 Å². The van der Waals surface area contributed by atoms with Crippen molar-refractivity contribution in [1.29, 1.82) is 5.26 Å². The summed E-state index contributed by atoms with van der Waals surface area (Å²) in [5.74, 6) is 0. The Balaban J connectivity index is -0.000000120. The highest BCUT2D eigenvalue weighted by atomic mass is 16.3. The fourth-order valence-corrected chi connectivity index (χ4v) is 0. The maximum Gasteiger partial charge on any atom is 0.0742 e. The van der Waals surface area contributed by atoms with Crippen molar-refractivity contribution >= 4 is 0 Å². The molecule has 0 saturated carbocycles. The molecule has 2 unspecified atom stereocenters. The Kier molecular flexibility index (Phi) is 24.4. The maximum atomic E-state index is 8.11. The third-order valence-corrected chi connectivity index (χ3v) is 0.528. The molecule has 0 radical (unpaired) electrons. The summed E-state index contributed by atoms with van der Waals surface area (Å²) in [7, 11) is 0. The largest absolute Gasteiger partial charge is 0.394 e. The molecule has 0 aliphatic rings. The Hall–Kier alpha value is -0.670. The standard InChI is InChI=1S/2C3H8O2.C2H3N/c2*1-3(5)2-4;1-2-3/h2*3-5H,2H2,1H3;1H3. The van der Waals surface area contributed by atoms with E-state index in [1.54, 1.807) is 6.07 Å². The van der Waals surface area contributed by atoms with Crippen LogP contribution in [-0.4, -0.2) is 45.8 Å². The lowest BCUT2D eigenvalue weighted by Crippen LogP contribution is -2.03. The van der Waals surface area contributed by atoms with Crippen molar-refractivity contribution in [2.75, 3.05) is 13.2 Å². The van der Waals surface area contributed by atoms with Gasteiger partial charge in [-0.25, -0.2) is 0 Å². The van der Waals surface area contributed by atoms with E-state index in [0.29, 0.717) is 0 Å². The van der Waals surface area contributed by atoms with E-state index in [0.717, 1.165) is 0 Å². The molecule has 0 fully saturated rings. The molecule has 0 aliphatic carbocycles.